The third-order valence-electron chi connectivity index (χ3n) is 4.42. The lowest BCUT2D eigenvalue weighted by Gasteiger charge is -2.19. The highest BCUT2D eigenvalue weighted by Gasteiger charge is 2.27. The molecule has 0 heterocycles. The molecule has 0 bridgehead atoms. The number of rotatable bonds is 9. The molecule has 2 rings (SSSR count). The smallest absolute Gasteiger partial charge is 0.391 e. The first-order chi connectivity index (χ1) is 15.5. The van der Waals surface area contributed by atoms with Crippen LogP contribution < -0.4 is 21.4 Å². The fourth-order valence-electron chi connectivity index (χ4n) is 2.78. The lowest BCUT2D eigenvalue weighted by atomic mass is 10.0. The van der Waals surface area contributed by atoms with E-state index in [1.807, 2.05) is 5.32 Å². The number of hydrogen-bond acceptors (Lipinski definition) is 6. The van der Waals surface area contributed by atoms with Crippen molar-refractivity contribution in [3.05, 3.63) is 54.1 Å². The number of halogens is 3. The molecule has 0 saturated carbocycles. The van der Waals surface area contributed by atoms with Gasteiger partial charge in [0.05, 0.1) is 19.2 Å². The van der Waals surface area contributed by atoms with Gasteiger partial charge in [0.25, 0.3) is 11.8 Å². The van der Waals surface area contributed by atoms with Crippen molar-refractivity contribution in [2.45, 2.75) is 25.2 Å². The molecule has 0 aliphatic rings. The van der Waals surface area contributed by atoms with Gasteiger partial charge in [-0.1, -0.05) is 24.3 Å². The molecule has 0 aliphatic heterocycles. The van der Waals surface area contributed by atoms with Crippen LogP contribution in [0.15, 0.2) is 48.5 Å². The van der Waals surface area contributed by atoms with Crippen LogP contribution in [0, 0.1) is 0 Å². The van der Waals surface area contributed by atoms with Crippen molar-refractivity contribution in [3.63, 3.8) is 0 Å². The Hall–Kier alpha value is -3.48. The van der Waals surface area contributed by atoms with Crippen molar-refractivity contribution in [1.29, 1.82) is 0 Å². The molecule has 33 heavy (non-hydrogen) atoms. The summed E-state index contributed by atoms with van der Waals surface area (Å²) in [5.41, 5.74) is 3.47. The Morgan fingerprint density at radius 2 is 1.52 bits per heavy atom. The Kier molecular flexibility index (Phi) is 8.91. The molecule has 0 saturated heterocycles. The average molecular weight is 468 g/mol. The van der Waals surface area contributed by atoms with Crippen LogP contribution in [0.2, 0.25) is 0 Å². The predicted octanol–water partition coefficient (Wildman–Crippen LogP) is 1.43. The molecule has 0 aliphatic carbocycles. The highest BCUT2D eigenvalue weighted by molar-refractivity contribution is 5.98. The lowest BCUT2D eigenvalue weighted by molar-refractivity contribution is -0.133. The van der Waals surface area contributed by atoms with E-state index in [1.165, 1.54) is 24.5 Å². The molecule has 0 fully saturated rings. The van der Waals surface area contributed by atoms with E-state index in [0.717, 1.165) is 11.1 Å². The number of benzene rings is 2. The topological polar surface area (TPSA) is 140 Å². The first-order valence-electron chi connectivity index (χ1n) is 9.71. The van der Waals surface area contributed by atoms with E-state index in [-0.39, 0.29) is 5.56 Å². The normalized spacial score (nSPS) is 13.0. The van der Waals surface area contributed by atoms with Crippen molar-refractivity contribution in [2.24, 2.45) is 0 Å². The highest BCUT2D eigenvalue weighted by atomic mass is 19.4. The summed E-state index contributed by atoms with van der Waals surface area (Å²) in [6, 6.07) is 11.5. The summed E-state index contributed by atoms with van der Waals surface area (Å²) in [5, 5.41) is 25.1. The quantitative estimate of drug-likeness (QED) is 0.243. The second-order valence-corrected chi connectivity index (χ2v) is 7.09. The number of hydrogen-bond donors (Lipinski definition) is 6. The number of nitrogens with one attached hydrogen (secondary N) is 4. The zero-order valence-electron chi connectivity index (χ0n) is 17.4. The van der Waals surface area contributed by atoms with E-state index in [1.54, 1.807) is 36.4 Å². The van der Waals surface area contributed by atoms with Crippen LogP contribution in [-0.2, 0) is 9.59 Å². The standard InChI is InChI=1S/C21H23F3N4O5/c1-12(29)18(20(32)28-33)27-19(31)15-4-2-13(3-5-15)14-6-8-16(9-7-14)26-17(30)10-25-11-21(22,23)24/h2-9,12,18,25,29,33H,10-11H2,1H3,(H,26,30)(H,27,31)(H,28,32)/t12-,18+/m1/s1. The number of carbonyl (C=O) groups is 3. The maximum atomic E-state index is 12.3. The summed E-state index contributed by atoms with van der Waals surface area (Å²) in [4.78, 5) is 35.5. The molecule has 178 valence electrons. The molecule has 0 unspecified atom stereocenters. The summed E-state index contributed by atoms with van der Waals surface area (Å²) < 4.78 is 36.3. The van der Waals surface area contributed by atoms with Gasteiger partial charge in [-0.2, -0.15) is 13.2 Å². The van der Waals surface area contributed by atoms with E-state index in [9.17, 15) is 32.7 Å². The number of amides is 3. The molecular formula is C21H23F3N4O5. The fourth-order valence-corrected chi connectivity index (χ4v) is 2.78. The number of alkyl halides is 3. The molecule has 6 N–H and O–H groups in total. The van der Waals surface area contributed by atoms with Gasteiger partial charge in [0.1, 0.15) is 6.04 Å². The Balaban J connectivity index is 1.97. The SMILES string of the molecule is C[C@@H](O)[C@H](NC(=O)c1ccc(-c2ccc(NC(=O)CNCC(F)(F)F)cc2)cc1)C(=O)NO. The van der Waals surface area contributed by atoms with Crippen molar-refractivity contribution in [2.75, 3.05) is 18.4 Å². The van der Waals surface area contributed by atoms with Gasteiger partial charge in [-0.3, -0.25) is 19.6 Å². The average Bonchev–Trinajstić information content (AvgIpc) is 2.76. The minimum Gasteiger partial charge on any atom is -0.391 e. The Morgan fingerprint density at radius 3 is 2.00 bits per heavy atom. The van der Waals surface area contributed by atoms with Gasteiger partial charge in [0.15, 0.2) is 0 Å². The van der Waals surface area contributed by atoms with Gasteiger partial charge in [-0.15, -0.1) is 0 Å². The second kappa shape index (κ2) is 11.4. The highest BCUT2D eigenvalue weighted by Crippen LogP contribution is 2.22. The molecular weight excluding hydrogens is 445 g/mol. The van der Waals surface area contributed by atoms with Crippen LogP contribution in [0.25, 0.3) is 11.1 Å². The molecule has 0 radical (unpaired) electrons. The van der Waals surface area contributed by atoms with Crippen LogP contribution in [0.5, 0.6) is 0 Å². The van der Waals surface area contributed by atoms with Crippen LogP contribution in [-0.4, -0.2) is 59.4 Å². The molecule has 9 nitrogen and oxygen atoms in total. The first-order valence-corrected chi connectivity index (χ1v) is 9.71. The number of anilines is 1. The molecule has 0 spiro atoms. The van der Waals surface area contributed by atoms with Gasteiger partial charge in [0.2, 0.25) is 5.91 Å². The van der Waals surface area contributed by atoms with Crippen LogP contribution >= 0.6 is 0 Å². The Morgan fingerprint density at radius 1 is 0.970 bits per heavy atom. The first kappa shape index (κ1) is 25.8. The van der Waals surface area contributed by atoms with Crippen LogP contribution in [0.3, 0.4) is 0 Å². The van der Waals surface area contributed by atoms with Crippen molar-refractivity contribution < 1.29 is 37.9 Å². The molecule has 3 amide bonds. The van der Waals surface area contributed by atoms with Gasteiger partial charge >= 0.3 is 6.18 Å². The van der Waals surface area contributed by atoms with Crippen LogP contribution in [0.1, 0.15) is 17.3 Å². The van der Waals surface area contributed by atoms with Crippen LogP contribution in [0.4, 0.5) is 18.9 Å². The fraction of sp³-hybridized carbons (Fsp3) is 0.286. The zero-order chi connectivity index (χ0) is 24.6. The number of carbonyl (C=O) groups excluding carboxylic acids is 3. The third kappa shape index (κ3) is 8.18. The summed E-state index contributed by atoms with van der Waals surface area (Å²) in [7, 11) is 0. The summed E-state index contributed by atoms with van der Waals surface area (Å²) >= 11 is 0. The predicted molar refractivity (Wildman–Crippen MR) is 112 cm³/mol. The number of hydroxylamine groups is 1. The number of aliphatic hydroxyl groups excluding tert-OH is 1. The molecule has 2 atom stereocenters. The van der Waals surface area contributed by atoms with E-state index in [0.29, 0.717) is 5.69 Å². The van der Waals surface area contributed by atoms with E-state index in [4.69, 9.17) is 5.21 Å². The van der Waals surface area contributed by atoms with E-state index >= 15 is 0 Å². The Bertz CT molecular complexity index is 963. The molecule has 2 aromatic carbocycles. The number of aliphatic hydroxyl groups is 1. The maximum absolute atomic E-state index is 12.3. The summed E-state index contributed by atoms with van der Waals surface area (Å²) in [6.07, 6.45) is -5.63. The van der Waals surface area contributed by atoms with Gasteiger partial charge < -0.3 is 21.1 Å². The molecule has 12 heteroatoms. The van der Waals surface area contributed by atoms with E-state index < -0.39 is 49.1 Å². The van der Waals surface area contributed by atoms with Crippen molar-refractivity contribution in [3.8, 4) is 11.1 Å². The molecule has 0 aromatic heterocycles. The van der Waals surface area contributed by atoms with Gasteiger partial charge in [-0.05, 0) is 42.3 Å². The zero-order valence-corrected chi connectivity index (χ0v) is 17.4. The van der Waals surface area contributed by atoms with Gasteiger partial charge in [0, 0.05) is 11.3 Å². The summed E-state index contributed by atoms with van der Waals surface area (Å²) in [6.45, 7) is -0.462. The summed E-state index contributed by atoms with van der Waals surface area (Å²) in [5.74, 6) is -2.21. The minimum atomic E-state index is -4.40. The maximum Gasteiger partial charge on any atom is 0.401 e. The van der Waals surface area contributed by atoms with Crippen molar-refractivity contribution >= 4 is 23.4 Å². The van der Waals surface area contributed by atoms with Gasteiger partial charge in [-0.25, -0.2) is 5.48 Å². The monoisotopic (exact) mass is 468 g/mol. The Labute approximate surface area is 186 Å². The lowest BCUT2D eigenvalue weighted by Crippen LogP contribution is -2.51. The van der Waals surface area contributed by atoms with E-state index in [2.05, 4.69) is 10.6 Å². The minimum absolute atomic E-state index is 0.213. The third-order valence-corrected chi connectivity index (χ3v) is 4.42. The van der Waals surface area contributed by atoms with Crippen molar-refractivity contribution in [1.82, 2.24) is 16.1 Å². The second-order valence-electron chi connectivity index (χ2n) is 7.09. The molecule has 2 aromatic rings. The largest absolute Gasteiger partial charge is 0.401 e.